The Morgan fingerprint density at radius 3 is 2.70 bits per heavy atom. The lowest BCUT2D eigenvalue weighted by atomic mass is 10.2. The van der Waals surface area contributed by atoms with Gasteiger partial charge in [0.2, 0.25) is 15.8 Å². The van der Waals surface area contributed by atoms with Crippen LogP contribution in [0.25, 0.3) is 17.0 Å². The molecule has 0 atom stereocenters. The zero-order chi connectivity index (χ0) is 19.3. The van der Waals surface area contributed by atoms with Crippen molar-refractivity contribution in [3.8, 4) is 17.1 Å². The largest absolute Gasteiger partial charge is 0.493 e. The van der Waals surface area contributed by atoms with Crippen LogP contribution < -0.4 is 14.8 Å². The molecule has 3 aromatic rings. The number of ether oxygens (including phenoxy) is 1. The van der Waals surface area contributed by atoms with Crippen molar-refractivity contribution in [2.75, 3.05) is 29.4 Å². The molecule has 2 N–H and O–H groups in total. The lowest BCUT2D eigenvalue weighted by Gasteiger charge is -2.18. The molecule has 4 rings (SSSR count). The summed E-state index contributed by atoms with van der Waals surface area (Å²) in [6, 6.07) is 2.09. The van der Waals surface area contributed by atoms with Crippen molar-refractivity contribution in [1.29, 1.82) is 0 Å². The molecule has 4 heterocycles. The van der Waals surface area contributed by atoms with Crippen molar-refractivity contribution in [2.24, 2.45) is 0 Å². The van der Waals surface area contributed by atoms with Crippen LogP contribution in [-0.4, -0.2) is 47.4 Å². The highest BCUT2D eigenvalue weighted by atomic mass is 32.2. The monoisotopic (exact) mass is 396 g/mol. The second-order valence-corrected chi connectivity index (χ2v) is 7.89. The molecule has 0 aliphatic carbocycles. The minimum Gasteiger partial charge on any atom is -0.493 e. The van der Waals surface area contributed by atoms with Crippen molar-refractivity contribution in [3.05, 3.63) is 30.0 Å². The lowest BCUT2D eigenvalue weighted by Crippen LogP contribution is -2.27. The SMILES string of the molecule is COc1cc2ncc(-c3nc(N)c(F)cc3F)n2nc1N1CCCS1(=O)=O. The van der Waals surface area contributed by atoms with E-state index >= 15 is 0 Å². The molecule has 142 valence electrons. The van der Waals surface area contributed by atoms with Crippen LogP contribution >= 0.6 is 0 Å². The first-order valence-corrected chi connectivity index (χ1v) is 9.48. The highest BCUT2D eigenvalue weighted by molar-refractivity contribution is 7.93. The number of aromatic nitrogens is 4. The molecule has 0 radical (unpaired) electrons. The molecular formula is C15H14F2N6O3S. The molecule has 12 heteroatoms. The molecule has 0 bridgehead atoms. The van der Waals surface area contributed by atoms with Gasteiger partial charge < -0.3 is 10.5 Å². The quantitative estimate of drug-likeness (QED) is 0.707. The Hall–Kier alpha value is -3.02. The maximum atomic E-state index is 14.2. The number of pyridine rings is 1. The van der Waals surface area contributed by atoms with Gasteiger partial charge in [-0.3, -0.25) is 0 Å². The summed E-state index contributed by atoms with van der Waals surface area (Å²) in [5.41, 5.74) is 5.55. The minimum atomic E-state index is -3.52. The Balaban J connectivity index is 1.95. The number of hydrogen-bond acceptors (Lipinski definition) is 7. The fraction of sp³-hybridized carbons (Fsp3) is 0.267. The number of hydrogen-bond donors (Lipinski definition) is 1. The van der Waals surface area contributed by atoms with Crippen LogP contribution in [0.15, 0.2) is 18.3 Å². The fourth-order valence-corrected chi connectivity index (χ4v) is 4.42. The number of fused-ring (bicyclic) bond motifs is 1. The third-order valence-corrected chi connectivity index (χ3v) is 6.03. The highest BCUT2D eigenvalue weighted by Gasteiger charge is 2.32. The third kappa shape index (κ3) is 2.72. The summed E-state index contributed by atoms with van der Waals surface area (Å²) in [5.74, 6) is -2.15. The zero-order valence-corrected chi connectivity index (χ0v) is 14.9. The van der Waals surface area contributed by atoms with E-state index in [2.05, 4.69) is 15.1 Å². The van der Waals surface area contributed by atoms with Crippen molar-refractivity contribution in [1.82, 2.24) is 19.6 Å². The van der Waals surface area contributed by atoms with Crippen LogP contribution in [0.5, 0.6) is 5.75 Å². The number of imidazole rings is 1. The van der Waals surface area contributed by atoms with Crippen LogP contribution in [0.3, 0.4) is 0 Å². The van der Waals surface area contributed by atoms with Gasteiger partial charge in [0, 0.05) is 18.7 Å². The number of nitrogens with zero attached hydrogens (tertiary/aromatic N) is 5. The maximum Gasteiger partial charge on any atom is 0.236 e. The van der Waals surface area contributed by atoms with E-state index in [1.54, 1.807) is 0 Å². The maximum absolute atomic E-state index is 14.2. The lowest BCUT2D eigenvalue weighted by molar-refractivity contribution is 0.413. The number of methoxy groups -OCH3 is 1. The van der Waals surface area contributed by atoms with Gasteiger partial charge in [-0.25, -0.2) is 36.0 Å². The van der Waals surface area contributed by atoms with Gasteiger partial charge in [-0.15, -0.1) is 5.10 Å². The Kier molecular flexibility index (Phi) is 3.87. The van der Waals surface area contributed by atoms with E-state index in [4.69, 9.17) is 10.5 Å². The standard InChI is InChI=1S/C15H14F2N6O3S/c1-26-11-6-12-19-7-10(13-8(16)5-9(17)14(18)20-13)23(12)21-15(11)22-3-2-4-27(22,24)25/h5-7H,2-4H2,1H3,(H2,18,20). The van der Waals surface area contributed by atoms with E-state index in [1.165, 1.54) is 23.9 Å². The van der Waals surface area contributed by atoms with Gasteiger partial charge in [-0.05, 0) is 6.42 Å². The van der Waals surface area contributed by atoms with E-state index in [0.717, 1.165) is 4.31 Å². The summed E-state index contributed by atoms with van der Waals surface area (Å²) in [6.07, 6.45) is 1.74. The molecule has 0 amide bonds. The van der Waals surface area contributed by atoms with E-state index in [-0.39, 0.29) is 40.9 Å². The summed E-state index contributed by atoms with van der Waals surface area (Å²) >= 11 is 0. The number of rotatable bonds is 3. The number of sulfonamides is 1. The normalized spacial score (nSPS) is 16.2. The Bertz CT molecular complexity index is 1160. The number of halogens is 2. The first-order chi connectivity index (χ1) is 12.8. The van der Waals surface area contributed by atoms with Crippen LogP contribution in [0.4, 0.5) is 20.4 Å². The summed E-state index contributed by atoms with van der Waals surface area (Å²) < 4.78 is 59.8. The molecule has 0 aromatic carbocycles. The average Bonchev–Trinajstić information content (AvgIpc) is 3.19. The predicted octanol–water partition coefficient (Wildman–Crippen LogP) is 1.20. The second kappa shape index (κ2) is 6.01. The van der Waals surface area contributed by atoms with Crippen molar-refractivity contribution in [3.63, 3.8) is 0 Å². The number of anilines is 2. The molecule has 3 aromatic heterocycles. The summed E-state index contributed by atoms with van der Waals surface area (Å²) in [6.45, 7) is 0.247. The molecule has 27 heavy (non-hydrogen) atoms. The first-order valence-electron chi connectivity index (χ1n) is 7.87. The zero-order valence-electron chi connectivity index (χ0n) is 14.1. The van der Waals surface area contributed by atoms with Gasteiger partial charge in [0.25, 0.3) is 0 Å². The fourth-order valence-electron chi connectivity index (χ4n) is 2.91. The first kappa shape index (κ1) is 17.4. The summed E-state index contributed by atoms with van der Waals surface area (Å²) in [7, 11) is -2.14. The molecule has 1 saturated heterocycles. The molecular weight excluding hydrogens is 382 g/mol. The molecule has 0 spiro atoms. The Morgan fingerprint density at radius 1 is 1.26 bits per heavy atom. The van der Waals surface area contributed by atoms with Gasteiger partial charge in [-0.1, -0.05) is 0 Å². The van der Waals surface area contributed by atoms with E-state index in [1.807, 2.05) is 0 Å². The third-order valence-electron chi connectivity index (χ3n) is 4.19. The van der Waals surface area contributed by atoms with Crippen LogP contribution in [0.1, 0.15) is 6.42 Å². The molecule has 1 fully saturated rings. The van der Waals surface area contributed by atoms with Crippen molar-refractivity contribution in [2.45, 2.75) is 6.42 Å². The molecule has 0 saturated carbocycles. The highest BCUT2D eigenvalue weighted by Crippen LogP contribution is 2.33. The molecule has 1 aliphatic rings. The van der Waals surface area contributed by atoms with Crippen LogP contribution in [0.2, 0.25) is 0 Å². The van der Waals surface area contributed by atoms with E-state index < -0.39 is 27.5 Å². The molecule has 9 nitrogen and oxygen atoms in total. The topological polar surface area (TPSA) is 116 Å². The van der Waals surface area contributed by atoms with Gasteiger partial charge in [0.1, 0.15) is 11.4 Å². The van der Waals surface area contributed by atoms with Gasteiger partial charge in [0.15, 0.2) is 28.8 Å². The van der Waals surface area contributed by atoms with Gasteiger partial charge in [-0.2, -0.15) is 0 Å². The molecule has 0 unspecified atom stereocenters. The van der Waals surface area contributed by atoms with Crippen molar-refractivity contribution < 1.29 is 21.9 Å². The Labute approximate surface area is 152 Å². The minimum absolute atomic E-state index is 0.00264. The second-order valence-electron chi connectivity index (χ2n) is 5.88. The van der Waals surface area contributed by atoms with E-state index in [9.17, 15) is 17.2 Å². The number of nitrogens with two attached hydrogens (primary N) is 1. The van der Waals surface area contributed by atoms with Gasteiger partial charge in [0.05, 0.1) is 19.1 Å². The van der Waals surface area contributed by atoms with Crippen molar-refractivity contribution >= 4 is 27.3 Å². The summed E-state index contributed by atoms with van der Waals surface area (Å²) in [5, 5.41) is 4.29. The smallest absolute Gasteiger partial charge is 0.236 e. The molecule has 1 aliphatic heterocycles. The summed E-state index contributed by atoms with van der Waals surface area (Å²) in [4.78, 5) is 7.84. The van der Waals surface area contributed by atoms with Crippen LogP contribution in [-0.2, 0) is 10.0 Å². The predicted molar refractivity (Wildman–Crippen MR) is 92.8 cm³/mol. The number of nitrogen functional groups attached to an aromatic ring is 1. The van der Waals surface area contributed by atoms with E-state index in [0.29, 0.717) is 12.5 Å². The average molecular weight is 396 g/mol. The Morgan fingerprint density at radius 2 is 2.04 bits per heavy atom. The van der Waals surface area contributed by atoms with Gasteiger partial charge >= 0.3 is 0 Å². The van der Waals surface area contributed by atoms with Crippen LogP contribution in [0, 0.1) is 11.6 Å².